The summed E-state index contributed by atoms with van der Waals surface area (Å²) in [4.78, 5) is 0. The van der Waals surface area contributed by atoms with Gasteiger partial charge in [-0.1, -0.05) is 26.0 Å². The van der Waals surface area contributed by atoms with E-state index in [-0.39, 0.29) is 0 Å². The van der Waals surface area contributed by atoms with Crippen LogP contribution in [0.15, 0.2) is 24.3 Å². The van der Waals surface area contributed by atoms with Gasteiger partial charge >= 0.3 is 0 Å². The molecule has 1 aromatic rings. The van der Waals surface area contributed by atoms with Crippen LogP contribution in [0.1, 0.15) is 39.2 Å². The standard InChI is InChI=1S/C13H20N2S/c1-9(2)11-6-5-7-12(8-11)15-13(16)14-10(3)4/h5-10H,1-4H3,(H2,14,15,16). The zero-order chi connectivity index (χ0) is 12.1. The van der Waals surface area contributed by atoms with Crippen LogP contribution >= 0.6 is 12.2 Å². The van der Waals surface area contributed by atoms with Crippen molar-refractivity contribution in [2.45, 2.75) is 39.7 Å². The molecule has 0 aliphatic rings. The number of benzene rings is 1. The molecule has 1 aromatic carbocycles. The van der Waals surface area contributed by atoms with Crippen molar-refractivity contribution in [1.29, 1.82) is 0 Å². The highest BCUT2D eigenvalue weighted by Crippen LogP contribution is 2.18. The van der Waals surface area contributed by atoms with Gasteiger partial charge < -0.3 is 10.6 Å². The number of rotatable bonds is 3. The van der Waals surface area contributed by atoms with Gasteiger partial charge in [0, 0.05) is 11.7 Å². The van der Waals surface area contributed by atoms with E-state index in [1.807, 2.05) is 6.07 Å². The summed E-state index contributed by atoms with van der Waals surface area (Å²) in [6.07, 6.45) is 0. The fourth-order valence-electron chi connectivity index (χ4n) is 1.40. The maximum absolute atomic E-state index is 5.20. The van der Waals surface area contributed by atoms with Crippen molar-refractivity contribution < 1.29 is 0 Å². The lowest BCUT2D eigenvalue weighted by molar-refractivity contribution is 0.739. The van der Waals surface area contributed by atoms with Crippen molar-refractivity contribution in [3.63, 3.8) is 0 Å². The van der Waals surface area contributed by atoms with Gasteiger partial charge in [-0.15, -0.1) is 0 Å². The van der Waals surface area contributed by atoms with E-state index in [1.165, 1.54) is 5.56 Å². The van der Waals surface area contributed by atoms with Gasteiger partial charge in [0.2, 0.25) is 0 Å². The summed E-state index contributed by atoms with van der Waals surface area (Å²) in [5, 5.41) is 7.03. The first kappa shape index (κ1) is 13.0. The number of hydrogen-bond donors (Lipinski definition) is 2. The molecule has 2 nitrogen and oxygen atoms in total. The van der Waals surface area contributed by atoms with Crippen LogP contribution < -0.4 is 10.6 Å². The zero-order valence-corrected chi connectivity index (χ0v) is 11.2. The van der Waals surface area contributed by atoms with Gasteiger partial charge in [0.05, 0.1) is 0 Å². The van der Waals surface area contributed by atoms with Crippen LogP contribution in [0.5, 0.6) is 0 Å². The van der Waals surface area contributed by atoms with Gasteiger partial charge in [-0.25, -0.2) is 0 Å². The van der Waals surface area contributed by atoms with Crippen LogP contribution in [0.4, 0.5) is 5.69 Å². The SMILES string of the molecule is CC(C)NC(=S)Nc1cccc(C(C)C)c1. The molecular weight excluding hydrogens is 216 g/mol. The van der Waals surface area contributed by atoms with E-state index in [9.17, 15) is 0 Å². The second-order valence-electron chi connectivity index (χ2n) is 4.53. The van der Waals surface area contributed by atoms with E-state index in [4.69, 9.17) is 12.2 Å². The van der Waals surface area contributed by atoms with Crippen molar-refractivity contribution in [1.82, 2.24) is 5.32 Å². The summed E-state index contributed by atoms with van der Waals surface area (Å²) < 4.78 is 0. The minimum absolute atomic E-state index is 0.355. The molecule has 1 rings (SSSR count). The second-order valence-corrected chi connectivity index (χ2v) is 4.94. The molecule has 0 amide bonds. The number of thiocarbonyl (C=S) groups is 1. The van der Waals surface area contributed by atoms with Crippen molar-refractivity contribution in [2.24, 2.45) is 0 Å². The summed E-state index contributed by atoms with van der Waals surface area (Å²) in [7, 11) is 0. The fraction of sp³-hybridized carbons (Fsp3) is 0.462. The minimum Gasteiger partial charge on any atom is -0.360 e. The maximum atomic E-state index is 5.20. The highest BCUT2D eigenvalue weighted by Gasteiger charge is 2.02. The van der Waals surface area contributed by atoms with E-state index < -0.39 is 0 Å². The Kier molecular flexibility index (Phi) is 4.74. The van der Waals surface area contributed by atoms with Crippen molar-refractivity contribution in [3.05, 3.63) is 29.8 Å². The van der Waals surface area contributed by atoms with Gasteiger partial charge in [-0.05, 0) is 49.7 Å². The topological polar surface area (TPSA) is 24.1 Å². The highest BCUT2D eigenvalue weighted by atomic mass is 32.1. The van der Waals surface area contributed by atoms with Crippen LogP contribution in [-0.2, 0) is 0 Å². The third-order valence-electron chi connectivity index (χ3n) is 2.23. The molecule has 0 aromatic heterocycles. The minimum atomic E-state index is 0.355. The Morgan fingerprint density at radius 2 is 1.88 bits per heavy atom. The van der Waals surface area contributed by atoms with E-state index in [0.29, 0.717) is 17.1 Å². The van der Waals surface area contributed by atoms with E-state index >= 15 is 0 Å². The summed E-state index contributed by atoms with van der Waals surface area (Å²) in [5.74, 6) is 0.536. The fourth-order valence-corrected chi connectivity index (χ4v) is 1.76. The zero-order valence-electron chi connectivity index (χ0n) is 10.4. The lowest BCUT2D eigenvalue weighted by atomic mass is 10.0. The average molecular weight is 236 g/mol. The number of hydrogen-bond acceptors (Lipinski definition) is 1. The van der Waals surface area contributed by atoms with Crippen LogP contribution in [0.25, 0.3) is 0 Å². The van der Waals surface area contributed by atoms with Gasteiger partial charge in [0.1, 0.15) is 0 Å². The predicted octanol–water partition coefficient (Wildman–Crippen LogP) is 3.50. The lowest BCUT2D eigenvalue weighted by Crippen LogP contribution is -2.33. The smallest absolute Gasteiger partial charge is 0.170 e. The van der Waals surface area contributed by atoms with E-state index in [1.54, 1.807) is 0 Å². The third-order valence-corrected chi connectivity index (χ3v) is 2.45. The Bertz CT molecular complexity index is 359. The number of nitrogens with one attached hydrogen (secondary N) is 2. The van der Waals surface area contributed by atoms with Gasteiger partial charge in [0.25, 0.3) is 0 Å². The van der Waals surface area contributed by atoms with Crippen molar-refractivity contribution in [2.75, 3.05) is 5.32 Å². The molecule has 0 aliphatic heterocycles. The Morgan fingerprint density at radius 3 is 2.44 bits per heavy atom. The number of anilines is 1. The molecule has 0 unspecified atom stereocenters. The molecule has 0 bridgehead atoms. The Balaban J connectivity index is 2.67. The summed E-state index contributed by atoms with van der Waals surface area (Å²) >= 11 is 5.20. The lowest BCUT2D eigenvalue weighted by Gasteiger charge is -2.14. The van der Waals surface area contributed by atoms with E-state index in [2.05, 4.69) is 56.5 Å². The molecule has 0 radical (unpaired) electrons. The highest BCUT2D eigenvalue weighted by molar-refractivity contribution is 7.80. The third kappa shape index (κ3) is 4.19. The van der Waals surface area contributed by atoms with Crippen molar-refractivity contribution >= 4 is 23.0 Å². The molecular formula is C13H20N2S. The molecule has 2 N–H and O–H groups in total. The molecule has 0 spiro atoms. The molecule has 0 aliphatic carbocycles. The molecule has 88 valence electrons. The van der Waals surface area contributed by atoms with Crippen LogP contribution in [0, 0.1) is 0 Å². The molecule has 0 saturated heterocycles. The molecule has 3 heteroatoms. The quantitative estimate of drug-likeness (QED) is 0.785. The summed E-state index contributed by atoms with van der Waals surface area (Å²) in [5.41, 5.74) is 2.36. The predicted molar refractivity (Wildman–Crippen MR) is 75.0 cm³/mol. The van der Waals surface area contributed by atoms with Gasteiger partial charge in [-0.2, -0.15) is 0 Å². The van der Waals surface area contributed by atoms with Crippen LogP contribution in [0.2, 0.25) is 0 Å². The van der Waals surface area contributed by atoms with E-state index in [0.717, 1.165) is 5.69 Å². The molecule has 0 saturated carbocycles. The maximum Gasteiger partial charge on any atom is 0.170 e. The largest absolute Gasteiger partial charge is 0.360 e. The first-order valence-corrected chi connectivity index (χ1v) is 6.07. The van der Waals surface area contributed by atoms with Gasteiger partial charge in [-0.3, -0.25) is 0 Å². The summed E-state index contributed by atoms with van der Waals surface area (Å²) in [6.45, 7) is 8.50. The second kappa shape index (κ2) is 5.85. The molecule has 0 atom stereocenters. The monoisotopic (exact) mass is 236 g/mol. The molecule has 0 heterocycles. The molecule has 0 fully saturated rings. The average Bonchev–Trinajstić information content (AvgIpc) is 2.16. The molecule has 16 heavy (non-hydrogen) atoms. The first-order valence-electron chi connectivity index (χ1n) is 5.66. The Labute approximate surface area is 103 Å². The van der Waals surface area contributed by atoms with Crippen LogP contribution in [-0.4, -0.2) is 11.2 Å². The Hall–Kier alpha value is -1.09. The normalized spacial score (nSPS) is 10.6. The summed E-state index contributed by atoms with van der Waals surface area (Å²) in [6, 6.07) is 8.71. The van der Waals surface area contributed by atoms with Crippen LogP contribution in [0.3, 0.4) is 0 Å². The Morgan fingerprint density at radius 1 is 1.19 bits per heavy atom. The first-order chi connectivity index (χ1) is 7.49. The van der Waals surface area contributed by atoms with Crippen molar-refractivity contribution in [3.8, 4) is 0 Å². The van der Waals surface area contributed by atoms with Gasteiger partial charge in [0.15, 0.2) is 5.11 Å².